The van der Waals surface area contributed by atoms with E-state index in [4.69, 9.17) is 9.47 Å². The number of benzene rings is 1. The molecule has 2 aliphatic heterocycles. The lowest BCUT2D eigenvalue weighted by Crippen LogP contribution is -2.39. The number of fused-ring (bicyclic) bond motifs is 2. The van der Waals surface area contributed by atoms with Gasteiger partial charge in [-0.05, 0) is 18.2 Å². The predicted molar refractivity (Wildman–Crippen MR) is 62.6 cm³/mol. The third-order valence-corrected chi connectivity index (χ3v) is 3.64. The number of methoxy groups -OCH3 is 1. The quantitative estimate of drug-likeness (QED) is 0.744. The monoisotopic (exact) mass is 247 g/mol. The van der Waals surface area contributed by atoms with Crippen molar-refractivity contribution in [3.05, 3.63) is 23.8 Å². The van der Waals surface area contributed by atoms with Gasteiger partial charge in [0, 0.05) is 18.4 Å². The molecule has 0 aromatic heterocycles. The Bertz CT molecular complexity index is 540. The van der Waals surface area contributed by atoms with Crippen LogP contribution in [0.3, 0.4) is 0 Å². The second-order valence-corrected chi connectivity index (χ2v) is 4.60. The number of carbonyl (C=O) groups is 2. The largest absolute Gasteiger partial charge is 0.497 e. The SMILES string of the molecule is COc1ccc2c(c1)C1(CCO2)CC(=O)NC1=O. The van der Waals surface area contributed by atoms with Gasteiger partial charge >= 0.3 is 0 Å². The fourth-order valence-corrected chi connectivity index (χ4v) is 2.67. The van der Waals surface area contributed by atoms with E-state index < -0.39 is 5.41 Å². The van der Waals surface area contributed by atoms with E-state index >= 15 is 0 Å². The maximum Gasteiger partial charge on any atom is 0.238 e. The highest BCUT2D eigenvalue weighted by atomic mass is 16.5. The number of amides is 2. The average Bonchev–Trinajstić information content (AvgIpc) is 2.65. The molecule has 2 heterocycles. The molecule has 0 radical (unpaired) electrons. The minimum atomic E-state index is -0.779. The number of imide groups is 1. The number of nitrogens with one attached hydrogen (secondary N) is 1. The van der Waals surface area contributed by atoms with Gasteiger partial charge in [-0.2, -0.15) is 0 Å². The Balaban J connectivity index is 2.16. The molecule has 1 N–H and O–H groups in total. The van der Waals surface area contributed by atoms with Crippen molar-refractivity contribution >= 4 is 11.8 Å². The van der Waals surface area contributed by atoms with E-state index in [0.29, 0.717) is 24.5 Å². The highest BCUT2D eigenvalue weighted by Gasteiger charge is 2.51. The molecule has 0 saturated carbocycles. The van der Waals surface area contributed by atoms with Crippen molar-refractivity contribution in [1.82, 2.24) is 5.32 Å². The van der Waals surface area contributed by atoms with Gasteiger partial charge in [-0.25, -0.2) is 0 Å². The van der Waals surface area contributed by atoms with Gasteiger partial charge in [0.05, 0.1) is 19.1 Å². The highest BCUT2D eigenvalue weighted by Crippen LogP contribution is 2.45. The minimum absolute atomic E-state index is 0.190. The van der Waals surface area contributed by atoms with Crippen LogP contribution < -0.4 is 14.8 Å². The number of hydrogen-bond acceptors (Lipinski definition) is 4. The Morgan fingerprint density at radius 2 is 2.22 bits per heavy atom. The Morgan fingerprint density at radius 3 is 2.89 bits per heavy atom. The zero-order valence-corrected chi connectivity index (χ0v) is 9.99. The van der Waals surface area contributed by atoms with Gasteiger partial charge < -0.3 is 9.47 Å². The van der Waals surface area contributed by atoms with Crippen LogP contribution in [0.1, 0.15) is 18.4 Å². The van der Waals surface area contributed by atoms with E-state index in [9.17, 15) is 9.59 Å². The molecule has 94 valence electrons. The lowest BCUT2D eigenvalue weighted by Gasteiger charge is -2.32. The summed E-state index contributed by atoms with van der Waals surface area (Å²) < 4.78 is 10.7. The highest BCUT2D eigenvalue weighted by molar-refractivity contribution is 6.09. The maximum atomic E-state index is 12.1. The van der Waals surface area contributed by atoms with Gasteiger partial charge in [-0.15, -0.1) is 0 Å². The van der Waals surface area contributed by atoms with Crippen molar-refractivity contribution in [2.75, 3.05) is 13.7 Å². The van der Waals surface area contributed by atoms with Crippen molar-refractivity contribution < 1.29 is 19.1 Å². The summed E-state index contributed by atoms with van der Waals surface area (Å²) in [5, 5.41) is 2.38. The van der Waals surface area contributed by atoms with E-state index in [1.807, 2.05) is 0 Å². The van der Waals surface area contributed by atoms with Crippen molar-refractivity contribution in [2.24, 2.45) is 0 Å². The average molecular weight is 247 g/mol. The summed E-state index contributed by atoms with van der Waals surface area (Å²) in [6, 6.07) is 5.35. The van der Waals surface area contributed by atoms with E-state index in [1.165, 1.54) is 0 Å². The third-order valence-electron chi connectivity index (χ3n) is 3.64. The fourth-order valence-electron chi connectivity index (χ4n) is 2.67. The first-order chi connectivity index (χ1) is 8.65. The zero-order chi connectivity index (χ0) is 12.8. The van der Waals surface area contributed by atoms with Gasteiger partial charge in [0.2, 0.25) is 11.8 Å². The third kappa shape index (κ3) is 1.40. The van der Waals surface area contributed by atoms with E-state index in [-0.39, 0.29) is 18.2 Å². The maximum absolute atomic E-state index is 12.1. The van der Waals surface area contributed by atoms with Gasteiger partial charge in [-0.3, -0.25) is 14.9 Å². The summed E-state index contributed by atoms with van der Waals surface area (Å²) >= 11 is 0. The summed E-state index contributed by atoms with van der Waals surface area (Å²) in [5.41, 5.74) is -0.0319. The molecule has 1 aromatic carbocycles. The molecule has 1 saturated heterocycles. The summed E-state index contributed by atoms with van der Waals surface area (Å²) in [6.45, 7) is 0.444. The molecule has 1 spiro atoms. The molecule has 1 aromatic rings. The number of ether oxygens (including phenoxy) is 2. The van der Waals surface area contributed by atoms with Crippen LogP contribution in [0.15, 0.2) is 18.2 Å². The molecule has 1 atom stereocenters. The van der Waals surface area contributed by atoms with Crippen LogP contribution in [0.2, 0.25) is 0 Å². The second-order valence-electron chi connectivity index (χ2n) is 4.60. The van der Waals surface area contributed by atoms with Crippen LogP contribution in [0.5, 0.6) is 11.5 Å². The summed E-state index contributed by atoms with van der Waals surface area (Å²) in [7, 11) is 1.57. The predicted octanol–water partition coefficient (Wildman–Crippen LogP) is 0.762. The molecular weight excluding hydrogens is 234 g/mol. The lowest BCUT2D eigenvalue weighted by atomic mass is 9.74. The first kappa shape index (κ1) is 11.1. The van der Waals surface area contributed by atoms with Gasteiger partial charge in [-0.1, -0.05) is 0 Å². The molecule has 3 rings (SSSR count). The normalized spacial score (nSPS) is 25.6. The Kier molecular flexibility index (Phi) is 2.29. The van der Waals surface area contributed by atoms with E-state index in [2.05, 4.69) is 5.32 Å². The molecule has 5 nitrogen and oxygen atoms in total. The van der Waals surface area contributed by atoms with Crippen molar-refractivity contribution in [2.45, 2.75) is 18.3 Å². The summed E-state index contributed by atoms with van der Waals surface area (Å²) in [6.07, 6.45) is 0.708. The van der Waals surface area contributed by atoms with Crippen LogP contribution in [0, 0.1) is 0 Å². The molecule has 2 amide bonds. The molecule has 18 heavy (non-hydrogen) atoms. The molecular formula is C13H13NO4. The van der Waals surface area contributed by atoms with Crippen LogP contribution in [-0.4, -0.2) is 25.5 Å². The number of rotatable bonds is 1. The first-order valence-corrected chi connectivity index (χ1v) is 5.81. The number of carbonyl (C=O) groups excluding carboxylic acids is 2. The zero-order valence-electron chi connectivity index (χ0n) is 9.99. The molecule has 1 fully saturated rings. The summed E-state index contributed by atoms with van der Waals surface area (Å²) in [5.74, 6) is 0.860. The second kappa shape index (κ2) is 3.73. The van der Waals surface area contributed by atoms with Gasteiger partial charge in [0.15, 0.2) is 0 Å². The molecule has 5 heteroatoms. The smallest absolute Gasteiger partial charge is 0.238 e. The van der Waals surface area contributed by atoms with E-state index in [1.54, 1.807) is 25.3 Å². The molecule has 0 bridgehead atoms. The van der Waals surface area contributed by atoms with Crippen LogP contribution in [0.25, 0.3) is 0 Å². The summed E-state index contributed by atoms with van der Waals surface area (Å²) in [4.78, 5) is 23.6. The Morgan fingerprint density at radius 1 is 1.39 bits per heavy atom. The van der Waals surface area contributed by atoms with Crippen LogP contribution in [0.4, 0.5) is 0 Å². The minimum Gasteiger partial charge on any atom is -0.497 e. The van der Waals surface area contributed by atoms with Crippen molar-refractivity contribution in [1.29, 1.82) is 0 Å². The first-order valence-electron chi connectivity index (χ1n) is 5.81. The standard InChI is InChI=1S/C13H13NO4/c1-17-8-2-3-10-9(6-8)13(4-5-18-10)7-11(15)14-12(13)16/h2-3,6H,4-5,7H2,1H3,(H,14,15,16). The lowest BCUT2D eigenvalue weighted by molar-refractivity contribution is -0.127. The molecule has 0 aliphatic carbocycles. The van der Waals surface area contributed by atoms with E-state index in [0.717, 1.165) is 5.56 Å². The Hall–Kier alpha value is -2.04. The van der Waals surface area contributed by atoms with Crippen molar-refractivity contribution in [3.63, 3.8) is 0 Å². The van der Waals surface area contributed by atoms with Crippen molar-refractivity contribution in [3.8, 4) is 11.5 Å². The fraction of sp³-hybridized carbons (Fsp3) is 0.385. The van der Waals surface area contributed by atoms with Crippen LogP contribution >= 0.6 is 0 Å². The molecule has 2 aliphatic rings. The topological polar surface area (TPSA) is 64.6 Å². The van der Waals surface area contributed by atoms with Crippen LogP contribution in [-0.2, 0) is 15.0 Å². The number of hydrogen-bond donors (Lipinski definition) is 1. The van der Waals surface area contributed by atoms with Gasteiger partial charge in [0.25, 0.3) is 0 Å². The Labute approximate surface area is 104 Å². The van der Waals surface area contributed by atoms with Gasteiger partial charge in [0.1, 0.15) is 11.5 Å². The molecule has 1 unspecified atom stereocenters.